The maximum atomic E-state index is 11.4. The molecule has 0 spiro atoms. The number of rotatable bonds is 7. The van der Waals surface area contributed by atoms with Gasteiger partial charge in [-0.2, -0.15) is 0 Å². The molecule has 1 aliphatic rings. The van der Waals surface area contributed by atoms with Crippen molar-refractivity contribution in [3.63, 3.8) is 0 Å². The van der Waals surface area contributed by atoms with Gasteiger partial charge in [0.1, 0.15) is 12.1 Å². The molecule has 2 unspecified atom stereocenters. The van der Waals surface area contributed by atoms with E-state index in [1.54, 1.807) is 0 Å². The summed E-state index contributed by atoms with van der Waals surface area (Å²) in [4.78, 5) is 25.4. The zero-order valence-electron chi connectivity index (χ0n) is 13.2. The van der Waals surface area contributed by atoms with Gasteiger partial charge < -0.3 is 24.1 Å². The molecule has 1 N–H and O–H groups in total. The lowest BCUT2D eigenvalue weighted by Gasteiger charge is -2.43. The number of ether oxygens (including phenoxy) is 4. The fourth-order valence-electron chi connectivity index (χ4n) is 2.25. The summed E-state index contributed by atoms with van der Waals surface area (Å²) in [6, 6.07) is -1.05. The molecule has 10 nitrogen and oxygen atoms in total. The molecule has 1 fully saturated rings. The lowest BCUT2D eigenvalue weighted by atomic mass is 9.97. The summed E-state index contributed by atoms with van der Waals surface area (Å²) in [5.41, 5.74) is 8.75. The van der Waals surface area contributed by atoms with E-state index in [9.17, 15) is 14.7 Å². The average molecular weight is 331 g/mol. The molecule has 0 amide bonds. The molecule has 130 valence electrons. The summed E-state index contributed by atoms with van der Waals surface area (Å²) < 4.78 is 21.2. The lowest BCUT2D eigenvalue weighted by Crippen LogP contribution is -2.61. The van der Waals surface area contributed by atoms with E-state index in [1.807, 2.05) is 6.92 Å². The number of carbonyl (C=O) groups excluding carboxylic acids is 2. The topological polar surface area (TPSA) is 140 Å². The van der Waals surface area contributed by atoms with Gasteiger partial charge in [0.25, 0.3) is 0 Å². The minimum Gasteiger partial charge on any atom is -0.458 e. The minimum absolute atomic E-state index is 0.311. The molecule has 5 atom stereocenters. The van der Waals surface area contributed by atoms with Crippen LogP contribution in [0.1, 0.15) is 27.2 Å². The monoisotopic (exact) mass is 331 g/mol. The van der Waals surface area contributed by atoms with Crippen molar-refractivity contribution in [2.24, 2.45) is 5.11 Å². The maximum Gasteiger partial charge on any atom is 0.303 e. The molecule has 0 aromatic carbocycles. The molecule has 23 heavy (non-hydrogen) atoms. The van der Waals surface area contributed by atoms with Crippen LogP contribution < -0.4 is 0 Å². The van der Waals surface area contributed by atoms with E-state index >= 15 is 0 Å². The molecule has 0 saturated carbocycles. The van der Waals surface area contributed by atoms with Crippen LogP contribution in [-0.2, 0) is 28.5 Å². The molecule has 0 aromatic heterocycles. The minimum atomic E-state index is -1.12. The SMILES string of the molecule is CCCO[C@H]1OC(CO)[C@H](OC(C)=O)[C@@H](OC(C)=O)C1N=[N+]=[N-]. The van der Waals surface area contributed by atoms with Crippen LogP contribution in [0.2, 0.25) is 0 Å². The van der Waals surface area contributed by atoms with Gasteiger partial charge in [0.2, 0.25) is 0 Å². The number of hydrogen-bond donors (Lipinski definition) is 1. The highest BCUT2D eigenvalue weighted by Crippen LogP contribution is 2.29. The predicted octanol–water partition coefficient (Wildman–Crippen LogP) is 0.672. The van der Waals surface area contributed by atoms with E-state index < -0.39 is 49.2 Å². The third-order valence-corrected chi connectivity index (χ3v) is 3.07. The highest BCUT2D eigenvalue weighted by atomic mass is 16.7. The summed E-state index contributed by atoms with van der Waals surface area (Å²) in [5, 5.41) is 13.0. The van der Waals surface area contributed by atoms with Crippen LogP contribution in [0.4, 0.5) is 0 Å². The number of azide groups is 1. The molecule has 1 saturated heterocycles. The summed E-state index contributed by atoms with van der Waals surface area (Å²) in [6.45, 7) is 4.03. The van der Waals surface area contributed by atoms with Crippen molar-refractivity contribution in [2.75, 3.05) is 13.2 Å². The number of carbonyl (C=O) groups is 2. The lowest BCUT2D eigenvalue weighted by molar-refractivity contribution is -0.272. The summed E-state index contributed by atoms with van der Waals surface area (Å²) in [6.07, 6.45) is -3.56. The average Bonchev–Trinajstić information content (AvgIpc) is 2.48. The number of aliphatic hydroxyl groups excluding tert-OH is 1. The first kappa shape index (κ1) is 19.2. The van der Waals surface area contributed by atoms with Crippen LogP contribution >= 0.6 is 0 Å². The number of aliphatic hydroxyl groups is 1. The van der Waals surface area contributed by atoms with Crippen molar-refractivity contribution < 1.29 is 33.6 Å². The van der Waals surface area contributed by atoms with Crippen molar-refractivity contribution in [2.45, 2.75) is 57.8 Å². The van der Waals surface area contributed by atoms with E-state index in [4.69, 9.17) is 24.5 Å². The first-order chi connectivity index (χ1) is 10.9. The Morgan fingerprint density at radius 1 is 1.26 bits per heavy atom. The zero-order valence-corrected chi connectivity index (χ0v) is 13.2. The van der Waals surface area contributed by atoms with E-state index in [2.05, 4.69) is 10.0 Å². The van der Waals surface area contributed by atoms with Gasteiger partial charge in [-0.15, -0.1) is 0 Å². The Morgan fingerprint density at radius 2 is 1.87 bits per heavy atom. The Bertz CT molecular complexity index is 466. The smallest absolute Gasteiger partial charge is 0.303 e. The molecule has 0 aliphatic carbocycles. The second-order valence-electron chi connectivity index (χ2n) is 4.94. The molecular formula is C13H21N3O7. The first-order valence-corrected chi connectivity index (χ1v) is 7.21. The third-order valence-electron chi connectivity index (χ3n) is 3.07. The van der Waals surface area contributed by atoms with Crippen molar-refractivity contribution in [3.8, 4) is 0 Å². The number of nitrogens with zero attached hydrogens (tertiary/aromatic N) is 3. The van der Waals surface area contributed by atoms with Gasteiger partial charge >= 0.3 is 11.9 Å². The normalized spacial score (nSPS) is 30.2. The molecule has 1 heterocycles. The molecule has 1 rings (SSSR count). The number of hydrogen-bond acceptors (Lipinski definition) is 8. The van der Waals surface area contributed by atoms with Crippen LogP contribution in [0.3, 0.4) is 0 Å². The third kappa shape index (κ3) is 5.36. The van der Waals surface area contributed by atoms with E-state index in [-0.39, 0.29) is 0 Å². The molecular weight excluding hydrogens is 310 g/mol. The second kappa shape index (κ2) is 9.31. The summed E-state index contributed by atoms with van der Waals surface area (Å²) in [5.74, 6) is -1.31. The molecule has 1 aliphatic heterocycles. The largest absolute Gasteiger partial charge is 0.458 e. The summed E-state index contributed by atoms with van der Waals surface area (Å²) >= 11 is 0. The standard InChI is InChI=1S/C13H21N3O7/c1-4-5-20-13-10(15-16-14)12(22-8(3)19)11(21-7(2)18)9(6-17)23-13/h9-13,17H,4-6H2,1-3H3/t9?,10?,11-,12-,13-/m0/s1. The highest BCUT2D eigenvalue weighted by Gasteiger charge is 2.49. The van der Waals surface area contributed by atoms with Gasteiger partial charge in [0.05, 0.1) is 6.61 Å². The van der Waals surface area contributed by atoms with Crippen LogP contribution in [0.25, 0.3) is 10.4 Å². The van der Waals surface area contributed by atoms with Gasteiger partial charge in [-0.3, -0.25) is 9.59 Å². The Morgan fingerprint density at radius 3 is 2.35 bits per heavy atom. The van der Waals surface area contributed by atoms with Gasteiger partial charge in [0.15, 0.2) is 18.5 Å². The van der Waals surface area contributed by atoms with E-state index in [1.165, 1.54) is 13.8 Å². The Hall–Kier alpha value is -1.87. The van der Waals surface area contributed by atoms with Crippen LogP contribution in [0.15, 0.2) is 5.11 Å². The molecule has 0 aromatic rings. The maximum absolute atomic E-state index is 11.4. The van der Waals surface area contributed by atoms with Crippen molar-refractivity contribution in [1.29, 1.82) is 0 Å². The zero-order chi connectivity index (χ0) is 17.4. The Balaban J connectivity index is 3.15. The Labute approximate surface area is 133 Å². The van der Waals surface area contributed by atoms with Gasteiger partial charge in [-0.05, 0) is 12.0 Å². The number of esters is 2. The van der Waals surface area contributed by atoms with Crippen LogP contribution in [0, 0.1) is 0 Å². The molecule has 10 heteroatoms. The van der Waals surface area contributed by atoms with E-state index in [0.717, 1.165) is 0 Å². The van der Waals surface area contributed by atoms with Gasteiger partial charge in [-0.25, -0.2) is 0 Å². The fourth-order valence-corrected chi connectivity index (χ4v) is 2.25. The fraction of sp³-hybridized carbons (Fsp3) is 0.846. The predicted molar refractivity (Wildman–Crippen MR) is 76.0 cm³/mol. The van der Waals surface area contributed by atoms with Crippen LogP contribution in [0.5, 0.6) is 0 Å². The molecule has 0 radical (unpaired) electrons. The van der Waals surface area contributed by atoms with Crippen LogP contribution in [-0.4, -0.2) is 60.9 Å². The van der Waals surface area contributed by atoms with Gasteiger partial charge in [0, 0.05) is 25.4 Å². The van der Waals surface area contributed by atoms with Crippen molar-refractivity contribution in [1.82, 2.24) is 0 Å². The Kier molecular flexibility index (Phi) is 7.76. The first-order valence-electron chi connectivity index (χ1n) is 7.21. The van der Waals surface area contributed by atoms with Crippen molar-refractivity contribution >= 4 is 11.9 Å². The highest BCUT2D eigenvalue weighted by molar-refractivity contribution is 5.67. The summed E-state index contributed by atoms with van der Waals surface area (Å²) in [7, 11) is 0. The van der Waals surface area contributed by atoms with Crippen molar-refractivity contribution in [3.05, 3.63) is 10.4 Å². The molecule has 0 bridgehead atoms. The quantitative estimate of drug-likeness (QED) is 0.313. The van der Waals surface area contributed by atoms with E-state index in [0.29, 0.717) is 13.0 Å². The second-order valence-corrected chi connectivity index (χ2v) is 4.94. The van der Waals surface area contributed by atoms with Gasteiger partial charge in [-0.1, -0.05) is 12.0 Å².